The molecule has 2 aromatic carbocycles. The lowest BCUT2D eigenvalue weighted by atomic mass is 10.0. The molecule has 1 amide bonds. The topological polar surface area (TPSA) is 85.8 Å². The zero-order valence-electron chi connectivity index (χ0n) is 14.3. The number of rotatable bonds is 3. The van der Waals surface area contributed by atoms with Crippen LogP contribution in [-0.4, -0.2) is 10.9 Å². The predicted molar refractivity (Wildman–Crippen MR) is 112 cm³/mol. The van der Waals surface area contributed by atoms with Crippen molar-refractivity contribution < 1.29 is 4.79 Å². The number of H-pyrrole nitrogens is 1. The number of aromatic amines is 1. The van der Waals surface area contributed by atoms with Crippen LogP contribution in [0.1, 0.15) is 15.9 Å². The second-order valence-electron chi connectivity index (χ2n) is 6.03. The first-order valence-electron chi connectivity index (χ1n) is 8.28. The number of pyridine rings is 1. The van der Waals surface area contributed by atoms with E-state index in [9.17, 15) is 14.9 Å². The number of benzene rings is 2. The molecule has 0 unspecified atom stereocenters. The van der Waals surface area contributed by atoms with Crippen molar-refractivity contribution in [3.8, 4) is 17.2 Å². The van der Waals surface area contributed by atoms with E-state index >= 15 is 0 Å². The van der Waals surface area contributed by atoms with E-state index in [2.05, 4.69) is 16.4 Å². The normalized spacial score (nSPS) is 10.6. The maximum absolute atomic E-state index is 12.7. The van der Waals surface area contributed by atoms with Crippen LogP contribution in [0.4, 0.5) is 5.00 Å². The number of thiophene rings is 1. The number of carbonyl (C=O) groups is 1. The molecule has 2 heterocycles. The van der Waals surface area contributed by atoms with Crippen LogP contribution < -0.4 is 10.9 Å². The maximum atomic E-state index is 12.7. The van der Waals surface area contributed by atoms with Crippen LogP contribution in [0.2, 0.25) is 5.02 Å². The number of hydrogen-bond donors (Lipinski definition) is 2. The number of nitriles is 1. The number of carbonyl (C=O) groups excluding carboxylic acids is 1. The van der Waals surface area contributed by atoms with Gasteiger partial charge in [-0.15, -0.1) is 11.3 Å². The molecule has 0 aliphatic rings. The van der Waals surface area contributed by atoms with E-state index in [1.807, 2.05) is 24.3 Å². The van der Waals surface area contributed by atoms with E-state index in [0.717, 1.165) is 10.9 Å². The van der Waals surface area contributed by atoms with Gasteiger partial charge in [-0.1, -0.05) is 41.9 Å². The van der Waals surface area contributed by atoms with Gasteiger partial charge in [0.05, 0.1) is 5.56 Å². The molecule has 5 nitrogen and oxygen atoms in total. The molecule has 0 atom stereocenters. The lowest BCUT2D eigenvalue weighted by Crippen LogP contribution is -2.22. The number of para-hydroxylation sites is 1. The number of amides is 1. The highest BCUT2D eigenvalue weighted by atomic mass is 35.5. The van der Waals surface area contributed by atoms with Crippen molar-refractivity contribution in [2.75, 3.05) is 5.32 Å². The first-order valence-corrected chi connectivity index (χ1v) is 9.53. The first kappa shape index (κ1) is 18.0. The number of aromatic nitrogens is 1. The highest BCUT2D eigenvalue weighted by molar-refractivity contribution is 7.15. The molecule has 136 valence electrons. The van der Waals surface area contributed by atoms with Gasteiger partial charge in [-0.25, -0.2) is 0 Å². The summed E-state index contributed by atoms with van der Waals surface area (Å²) in [5, 5.41) is 15.8. The molecule has 0 bridgehead atoms. The lowest BCUT2D eigenvalue weighted by molar-refractivity contribution is 0.102. The Morgan fingerprint density at radius 3 is 2.64 bits per heavy atom. The minimum Gasteiger partial charge on any atom is -0.321 e. The van der Waals surface area contributed by atoms with Crippen molar-refractivity contribution >= 4 is 44.7 Å². The maximum Gasteiger partial charge on any atom is 0.261 e. The summed E-state index contributed by atoms with van der Waals surface area (Å²) in [6, 6.07) is 18.0. The molecule has 0 spiro atoms. The van der Waals surface area contributed by atoms with E-state index in [-0.39, 0.29) is 5.56 Å². The number of fused-ring (bicyclic) bond motifs is 1. The van der Waals surface area contributed by atoms with Gasteiger partial charge in [0.2, 0.25) is 0 Å². The van der Waals surface area contributed by atoms with E-state index in [1.165, 1.54) is 11.3 Å². The van der Waals surface area contributed by atoms with E-state index in [4.69, 9.17) is 11.6 Å². The van der Waals surface area contributed by atoms with Crippen LogP contribution in [0, 0.1) is 11.3 Å². The monoisotopic (exact) mass is 405 g/mol. The highest BCUT2D eigenvalue weighted by Crippen LogP contribution is 2.35. The molecule has 7 heteroatoms. The van der Waals surface area contributed by atoms with Gasteiger partial charge >= 0.3 is 0 Å². The van der Waals surface area contributed by atoms with Gasteiger partial charge in [0.15, 0.2) is 0 Å². The molecule has 0 aliphatic heterocycles. The average molecular weight is 406 g/mol. The van der Waals surface area contributed by atoms with Crippen LogP contribution >= 0.6 is 22.9 Å². The molecule has 0 saturated heterocycles. The Balaban J connectivity index is 1.69. The van der Waals surface area contributed by atoms with Crippen LogP contribution in [0.3, 0.4) is 0 Å². The molecule has 2 aromatic heterocycles. The Hall–Kier alpha value is -3.40. The zero-order chi connectivity index (χ0) is 19.7. The summed E-state index contributed by atoms with van der Waals surface area (Å²) in [6.07, 6.45) is 0. The van der Waals surface area contributed by atoms with Crippen molar-refractivity contribution in [2.24, 2.45) is 0 Å². The minimum atomic E-state index is -0.562. The molecule has 0 radical (unpaired) electrons. The quantitative estimate of drug-likeness (QED) is 0.501. The second-order valence-corrected chi connectivity index (χ2v) is 7.34. The van der Waals surface area contributed by atoms with Crippen molar-refractivity contribution in [3.05, 3.63) is 86.5 Å². The third kappa shape index (κ3) is 3.29. The Bertz CT molecular complexity index is 1300. The molecule has 2 N–H and O–H groups in total. The number of hydrogen-bond acceptors (Lipinski definition) is 4. The van der Waals surface area contributed by atoms with Crippen molar-refractivity contribution in [3.63, 3.8) is 0 Å². The summed E-state index contributed by atoms with van der Waals surface area (Å²) in [6.45, 7) is 0. The predicted octanol–water partition coefficient (Wildman–Crippen LogP) is 5.03. The average Bonchev–Trinajstić information content (AvgIpc) is 3.10. The van der Waals surface area contributed by atoms with Crippen LogP contribution in [0.5, 0.6) is 0 Å². The molecule has 0 saturated carbocycles. The summed E-state index contributed by atoms with van der Waals surface area (Å²) in [4.78, 5) is 27.7. The van der Waals surface area contributed by atoms with Crippen LogP contribution in [0.15, 0.2) is 64.8 Å². The van der Waals surface area contributed by atoms with E-state index < -0.39 is 11.5 Å². The molecule has 4 aromatic rings. The first-order chi connectivity index (χ1) is 13.6. The minimum absolute atomic E-state index is 0.0102. The number of anilines is 1. The largest absolute Gasteiger partial charge is 0.321 e. The van der Waals surface area contributed by atoms with Gasteiger partial charge in [-0.3, -0.25) is 9.59 Å². The fourth-order valence-corrected chi connectivity index (χ4v) is 3.93. The molecular weight excluding hydrogens is 394 g/mol. The molecule has 4 rings (SSSR count). The van der Waals surface area contributed by atoms with E-state index in [1.54, 1.807) is 35.7 Å². The smallest absolute Gasteiger partial charge is 0.261 e. The van der Waals surface area contributed by atoms with Gasteiger partial charge < -0.3 is 10.3 Å². The molecule has 0 aliphatic carbocycles. The Kier molecular flexibility index (Phi) is 4.70. The van der Waals surface area contributed by atoms with Crippen molar-refractivity contribution in [1.82, 2.24) is 4.98 Å². The SMILES string of the molecule is N#Cc1c(-c2ccc(Cl)cc2)csc1NC(=O)c1cc2ccccc2[nH]c1=O. The molecular formula is C21H12ClN3O2S. The second kappa shape index (κ2) is 7.31. The van der Waals surface area contributed by atoms with Gasteiger partial charge in [0.25, 0.3) is 11.5 Å². The van der Waals surface area contributed by atoms with Gasteiger partial charge in [-0.05, 0) is 35.2 Å². The highest BCUT2D eigenvalue weighted by Gasteiger charge is 2.18. The number of halogens is 1. The number of nitrogens with zero attached hydrogens (tertiary/aromatic N) is 1. The Morgan fingerprint density at radius 2 is 1.89 bits per heavy atom. The lowest BCUT2D eigenvalue weighted by Gasteiger charge is -2.05. The summed E-state index contributed by atoms with van der Waals surface area (Å²) >= 11 is 7.15. The molecule has 28 heavy (non-hydrogen) atoms. The van der Waals surface area contributed by atoms with Crippen LogP contribution in [0.25, 0.3) is 22.0 Å². The summed E-state index contributed by atoms with van der Waals surface area (Å²) in [7, 11) is 0. The standard InChI is InChI=1S/C21H12ClN3O2S/c22-14-7-5-12(6-8-14)17-11-28-21(16(17)10-23)25-20(27)15-9-13-3-1-2-4-18(13)24-19(15)26/h1-9,11H,(H,24,26)(H,25,27). The summed E-state index contributed by atoms with van der Waals surface area (Å²) in [5.41, 5.74) is 2.03. The summed E-state index contributed by atoms with van der Waals surface area (Å²) in [5.74, 6) is -0.562. The Morgan fingerprint density at radius 1 is 1.14 bits per heavy atom. The van der Waals surface area contributed by atoms with Gasteiger partial charge in [0, 0.05) is 21.5 Å². The fraction of sp³-hybridized carbons (Fsp3) is 0. The van der Waals surface area contributed by atoms with Gasteiger partial charge in [-0.2, -0.15) is 5.26 Å². The van der Waals surface area contributed by atoms with Crippen molar-refractivity contribution in [2.45, 2.75) is 0 Å². The van der Waals surface area contributed by atoms with Crippen LogP contribution in [-0.2, 0) is 0 Å². The zero-order valence-corrected chi connectivity index (χ0v) is 15.9. The fourth-order valence-electron chi connectivity index (χ4n) is 2.89. The number of nitrogens with one attached hydrogen (secondary N) is 2. The summed E-state index contributed by atoms with van der Waals surface area (Å²) < 4.78 is 0. The molecule has 0 fully saturated rings. The van der Waals surface area contributed by atoms with Crippen molar-refractivity contribution in [1.29, 1.82) is 5.26 Å². The van der Waals surface area contributed by atoms with E-state index in [0.29, 0.717) is 26.7 Å². The third-order valence-electron chi connectivity index (χ3n) is 4.28. The van der Waals surface area contributed by atoms with Gasteiger partial charge in [0.1, 0.15) is 16.6 Å². The third-order valence-corrected chi connectivity index (χ3v) is 5.43. The Labute approximate surface area is 168 Å².